The van der Waals surface area contributed by atoms with Crippen molar-refractivity contribution in [2.24, 2.45) is 5.92 Å². The van der Waals surface area contributed by atoms with Crippen molar-refractivity contribution >= 4 is 21.9 Å². The van der Waals surface area contributed by atoms with E-state index in [0.29, 0.717) is 25.6 Å². The van der Waals surface area contributed by atoms with E-state index in [2.05, 4.69) is 48.5 Å². The molecule has 0 amide bonds. The van der Waals surface area contributed by atoms with E-state index in [0.717, 1.165) is 33.3 Å². The summed E-state index contributed by atoms with van der Waals surface area (Å²) in [6.45, 7) is 9.12. The van der Waals surface area contributed by atoms with Crippen LogP contribution in [0.4, 0.5) is 0 Å². The number of halogens is 1. The maximum Gasteiger partial charge on any atom is 0.335 e. The number of carbonyl (C=O) groups is 1. The number of hydrogen-bond donors (Lipinski definition) is 1. The first kappa shape index (κ1) is 24.0. The Bertz CT molecular complexity index is 1040. The maximum atomic E-state index is 11.4. The zero-order valence-electron chi connectivity index (χ0n) is 18.5. The average Bonchev–Trinajstić information content (AvgIpc) is 2.82. The summed E-state index contributed by atoms with van der Waals surface area (Å²) >= 11 is 3.66. The first-order valence-corrected chi connectivity index (χ1v) is 11.6. The molecule has 0 radical (unpaired) electrons. The SMILES string of the molecule is C=CCOC1(c2ccccc2-c2ccc(OCC(C)CC)c(Br)c2)C=CC(C(=O)O)=CC1. The fourth-order valence-corrected chi connectivity index (χ4v) is 4.11. The Labute approximate surface area is 198 Å². The van der Waals surface area contributed by atoms with Gasteiger partial charge in [-0.3, -0.25) is 0 Å². The highest BCUT2D eigenvalue weighted by atomic mass is 79.9. The molecule has 1 aliphatic carbocycles. The Balaban J connectivity index is 1.99. The van der Waals surface area contributed by atoms with E-state index in [1.54, 1.807) is 18.2 Å². The second-order valence-corrected chi connectivity index (χ2v) is 8.86. The summed E-state index contributed by atoms with van der Waals surface area (Å²) in [6.07, 6.45) is 8.37. The molecule has 168 valence electrons. The van der Waals surface area contributed by atoms with Crippen LogP contribution in [-0.4, -0.2) is 24.3 Å². The van der Waals surface area contributed by atoms with Gasteiger partial charge in [0.25, 0.3) is 0 Å². The molecule has 0 heterocycles. The largest absolute Gasteiger partial charge is 0.492 e. The number of carboxylic acids is 1. The lowest BCUT2D eigenvalue weighted by Crippen LogP contribution is -2.30. The van der Waals surface area contributed by atoms with Crippen LogP contribution >= 0.6 is 15.9 Å². The smallest absolute Gasteiger partial charge is 0.335 e. The first-order chi connectivity index (χ1) is 15.4. The van der Waals surface area contributed by atoms with E-state index >= 15 is 0 Å². The Morgan fingerprint density at radius 1 is 1.31 bits per heavy atom. The number of hydrogen-bond acceptors (Lipinski definition) is 3. The van der Waals surface area contributed by atoms with Crippen molar-refractivity contribution in [1.29, 1.82) is 0 Å². The molecule has 0 bridgehead atoms. The molecule has 2 aromatic rings. The summed E-state index contributed by atoms with van der Waals surface area (Å²) in [5, 5.41) is 9.34. The topological polar surface area (TPSA) is 55.8 Å². The summed E-state index contributed by atoms with van der Waals surface area (Å²) < 4.78 is 13.1. The number of carboxylic acid groups (broad SMARTS) is 1. The Morgan fingerprint density at radius 3 is 2.72 bits per heavy atom. The highest BCUT2D eigenvalue weighted by Gasteiger charge is 2.34. The van der Waals surface area contributed by atoms with Crippen LogP contribution in [0.5, 0.6) is 5.75 Å². The van der Waals surface area contributed by atoms with E-state index in [1.165, 1.54) is 0 Å². The third kappa shape index (κ3) is 5.40. The molecule has 2 aromatic carbocycles. The summed E-state index contributed by atoms with van der Waals surface area (Å²) in [6, 6.07) is 14.1. The molecule has 0 aromatic heterocycles. The fraction of sp³-hybridized carbons (Fsp3) is 0.296. The van der Waals surface area contributed by atoms with Crippen LogP contribution in [-0.2, 0) is 15.1 Å². The highest BCUT2D eigenvalue weighted by Crippen LogP contribution is 2.42. The van der Waals surface area contributed by atoms with Crippen LogP contribution in [0, 0.1) is 5.92 Å². The van der Waals surface area contributed by atoms with Crippen molar-refractivity contribution in [2.45, 2.75) is 32.3 Å². The predicted molar refractivity (Wildman–Crippen MR) is 132 cm³/mol. The van der Waals surface area contributed by atoms with Crippen LogP contribution in [0.15, 0.2) is 83.4 Å². The van der Waals surface area contributed by atoms with Crippen molar-refractivity contribution in [1.82, 2.24) is 0 Å². The van der Waals surface area contributed by atoms with Gasteiger partial charge < -0.3 is 14.6 Å². The van der Waals surface area contributed by atoms with Crippen LogP contribution in [0.3, 0.4) is 0 Å². The minimum Gasteiger partial charge on any atom is -0.492 e. The second kappa shape index (κ2) is 10.8. The molecule has 1 N–H and O–H groups in total. The van der Waals surface area contributed by atoms with E-state index in [4.69, 9.17) is 9.47 Å². The van der Waals surface area contributed by atoms with Gasteiger partial charge in [-0.15, -0.1) is 6.58 Å². The molecule has 0 spiro atoms. The van der Waals surface area contributed by atoms with Crippen LogP contribution in [0.1, 0.15) is 32.3 Å². The van der Waals surface area contributed by atoms with Crippen LogP contribution < -0.4 is 4.74 Å². The number of rotatable bonds is 10. The molecule has 0 fully saturated rings. The van der Waals surface area contributed by atoms with Crippen LogP contribution in [0.25, 0.3) is 11.1 Å². The van der Waals surface area contributed by atoms with E-state index < -0.39 is 11.6 Å². The standard InChI is InChI=1S/C27H29BrO4/c1-4-16-32-27(14-12-20(13-15-27)26(29)30)23-9-7-6-8-22(23)21-10-11-25(24(28)17-21)31-18-19(3)5-2/h4,6-14,17,19H,1,5,15-16,18H2,2-3H3,(H,29,30). The van der Waals surface area contributed by atoms with Gasteiger partial charge in [0.05, 0.1) is 23.3 Å². The molecule has 32 heavy (non-hydrogen) atoms. The van der Waals surface area contributed by atoms with E-state index in [1.807, 2.05) is 36.4 Å². The normalized spacial score (nSPS) is 18.7. The molecule has 5 heteroatoms. The first-order valence-electron chi connectivity index (χ1n) is 10.8. The molecule has 2 unspecified atom stereocenters. The summed E-state index contributed by atoms with van der Waals surface area (Å²) in [5.74, 6) is 0.366. The molecule has 0 saturated heterocycles. The lowest BCUT2D eigenvalue weighted by Gasteiger charge is -2.34. The van der Waals surface area contributed by atoms with Gasteiger partial charge in [-0.2, -0.15) is 0 Å². The molecule has 0 aliphatic heterocycles. The second-order valence-electron chi connectivity index (χ2n) is 8.01. The number of ether oxygens (including phenoxy) is 2. The highest BCUT2D eigenvalue weighted by molar-refractivity contribution is 9.10. The van der Waals surface area contributed by atoms with Gasteiger partial charge in [0.15, 0.2) is 0 Å². The fourth-order valence-electron chi connectivity index (χ4n) is 3.61. The molecule has 4 nitrogen and oxygen atoms in total. The molecule has 0 saturated carbocycles. The molecule has 2 atom stereocenters. The summed E-state index contributed by atoms with van der Waals surface area (Å²) in [7, 11) is 0. The minimum absolute atomic E-state index is 0.269. The monoisotopic (exact) mass is 496 g/mol. The molecule has 3 rings (SSSR count). The Morgan fingerprint density at radius 2 is 2.09 bits per heavy atom. The van der Waals surface area contributed by atoms with Crippen molar-refractivity contribution in [3.63, 3.8) is 0 Å². The third-order valence-corrected chi connectivity index (χ3v) is 6.33. The van der Waals surface area contributed by atoms with Gasteiger partial charge in [0.2, 0.25) is 0 Å². The van der Waals surface area contributed by atoms with Gasteiger partial charge in [0, 0.05) is 6.42 Å². The van der Waals surface area contributed by atoms with E-state index in [-0.39, 0.29) is 5.57 Å². The number of benzene rings is 2. The third-order valence-electron chi connectivity index (χ3n) is 5.71. The van der Waals surface area contributed by atoms with Gasteiger partial charge in [-0.25, -0.2) is 4.79 Å². The quantitative estimate of drug-likeness (QED) is 0.363. The van der Waals surface area contributed by atoms with Gasteiger partial charge in [0.1, 0.15) is 11.4 Å². The lowest BCUT2D eigenvalue weighted by atomic mass is 9.81. The predicted octanol–water partition coefficient (Wildman–Crippen LogP) is 6.91. The molecular weight excluding hydrogens is 468 g/mol. The summed E-state index contributed by atoms with van der Waals surface area (Å²) in [4.78, 5) is 11.4. The molecular formula is C27H29BrO4. The van der Waals surface area contributed by atoms with Gasteiger partial charge >= 0.3 is 5.97 Å². The summed E-state index contributed by atoms with van der Waals surface area (Å²) in [5.41, 5.74) is 2.50. The zero-order valence-corrected chi connectivity index (χ0v) is 20.1. The van der Waals surface area contributed by atoms with Crippen LogP contribution in [0.2, 0.25) is 0 Å². The Hall–Kier alpha value is -2.63. The van der Waals surface area contributed by atoms with Crippen molar-refractivity contribution < 1.29 is 19.4 Å². The van der Waals surface area contributed by atoms with Crippen molar-refractivity contribution in [3.05, 3.63) is 89.0 Å². The van der Waals surface area contributed by atoms with Crippen molar-refractivity contribution in [2.75, 3.05) is 13.2 Å². The van der Waals surface area contributed by atoms with E-state index in [9.17, 15) is 9.90 Å². The zero-order chi connectivity index (χ0) is 23.1. The van der Waals surface area contributed by atoms with Gasteiger partial charge in [-0.05, 0) is 62.8 Å². The maximum absolute atomic E-state index is 11.4. The lowest BCUT2D eigenvalue weighted by molar-refractivity contribution is -0.132. The number of aliphatic carboxylic acids is 1. The van der Waals surface area contributed by atoms with Gasteiger partial charge in [-0.1, -0.05) is 62.8 Å². The average molecular weight is 497 g/mol. The van der Waals surface area contributed by atoms with Crippen molar-refractivity contribution in [3.8, 4) is 16.9 Å². The molecule has 1 aliphatic rings. The minimum atomic E-state index is -0.941. The Kier molecular flexibility index (Phi) is 8.10.